The minimum absolute atomic E-state index is 0.0111. The zero-order chi connectivity index (χ0) is 19.3. The van der Waals surface area contributed by atoms with E-state index in [0.717, 1.165) is 16.5 Å². The highest BCUT2D eigenvalue weighted by Crippen LogP contribution is 2.65. The van der Waals surface area contributed by atoms with Crippen LogP contribution in [-0.2, 0) is 14.3 Å². The third-order valence-corrected chi connectivity index (χ3v) is 7.29. The molecule has 6 rings (SSSR count). The average molecular weight is 376 g/mol. The second-order valence-electron chi connectivity index (χ2n) is 8.60. The third-order valence-electron chi connectivity index (χ3n) is 7.29. The summed E-state index contributed by atoms with van der Waals surface area (Å²) in [6.45, 7) is 2.39. The topological polar surface area (TPSA) is 82.8 Å². The first-order chi connectivity index (χ1) is 13.5. The SMILES string of the molecule is C[C@@]12C[C@H](O)[C@]3(CCO[C@H]4[C@@H]3[C@@H]1C(=O)N4c1ccc(C#N)c3ccccc13)O2. The van der Waals surface area contributed by atoms with E-state index in [4.69, 9.17) is 9.47 Å². The van der Waals surface area contributed by atoms with E-state index in [1.807, 2.05) is 37.3 Å². The van der Waals surface area contributed by atoms with Crippen molar-refractivity contribution < 1.29 is 19.4 Å². The first-order valence-electron chi connectivity index (χ1n) is 9.75. The predicted molar refractivity (Wildman–Crippen MR) is 100 cm³/mol. The zero-order valence-electron chi connectivity index (χ0n) is 15.5. The van der Waals surface area contributed by atoms with Crippen LogP contribution in [0.1, 0.15) is 25.3 Å². The summed E-state index contributed by atoms with van der Waals surface area (Å²) >= 11 is 0. The lowest BCUT2D eigenvalue weighted by Gasteiger charge is -2.44. The van der Waals surface area contributed by atoms with Crippen molar-refractivity contribution in [3.63, 3.8) is 0 Å². The van der Waals surface area contributed by atoms with Crippen LogP contribution in [0.3, 0.4) is 0 Å². The van der Waals surface area contributed by atoms with Gasteiger partial charge in [-0.05, 0) is 19.1 Å². The molecule has 4 aliphatic heterocycles. The monoisotopic (exact) mass is 376 g/mol. The number of hydrogen-bond donors (Lipinski definition) is 1. The third kappa shape index (κ3) is 1.71. The lowest BCUT2D eigenvalue weighted by Crippen LogP contribution is -2.56. The van der Waals surface area contributed by atoms with Gasteiger partial charge in [0.05, 0.1) is 47.5 Å². The summed E-state index contributed by atoms with van der Waals surface area (Å²) < 4.78 is 12.5. The number of aliphatic hydroxyl groups is 1. The van der Waals surface area contributed by atoms with Crippen LogP contribution in [0.25, 0.3) is 10.8 Å². The Balaban J connectivity index is 1.55. The Morgan fingerprint density at radius 3 is 2.82 bits per heavy atom. The molecule has 6 heteroatoms. The molecule has 1 spiro atoms. The van der Waals surface area contributed by atoms with Crippen LogP contribution in [0, 0.1) is 23.2 Å². The maximum Gasteiger partial charge on any atom is 0.235 e. The predicted octanol–water partition coefficient (Wildman–Crippen LogP) is 2.33. The van der Waals surface area contributed by atoms with Crippen LogP contribution < -0.4 is 4.90 Å². The van der Waals surface area contributed by atoms with Crippen molar-refractivity contribution in [1.82, 2.24) is 0 Å². The minimum Gasteiger partial charge on any atom is -0.390 e. The number of hydrogen-bond acceptors (Lipinski definition) is 5. The molecule has 4 fully saturated rings. The van der Waals surface area contributed by atoms with E-state index in [9.17, 15) is 15.2 Å². The molecule has 28 heavy (non-hydrogen) atoms. The van der Waals surface area contributed by atoms with Crippen molar-refractivity contribution >= 4 is 22.4 Å². The fraction of sp³-hybridized carbons (Fsp3) is 0.455. The van der Waals surface area contributed by atoms with Crippen LogP contribution >= 0.6 is 0 Å². The maximum atomic E-state index is 13.6. The van der Waals surface area contributed by atoms with E-state index in [2.05, 4.69) is 6.07 Å². The summed E-state index contributed by atoms with van der Waals surface area (Å²) in [6, 6.07) is 13.5. The highest BCUT2D eigenvalue weighted by Gasteiger charge is 2.78. The number of benzene rings is 2. The number of amides is 1. The average Bonchev–Trinajstić information content (AvgIpc) is 3.24. The van der Waals surface area contributed by atoms with Gasteiger partial charge in [0.15, 0.2) is 0 Å². The largest absolute Gasteiger partial charge is 0.390 e. The van der Waals surface area contributed by atoms with Crippen molar-refractivity contribution in [3.05, 3.63) is 42.0 Å². The molecule has 142 valence electrons. The Kier molecular flexibility index (Phi) is 3.01. The molecule has 0 aromatic heterocycles. The lowest BCUT2D eigenvalue weighted by atomic mass is 9.65. The smallest absolute Gasteiger partial charge is 0.235 e. The molecule has 0 unspecified atom stereocenters. The molecule has 4 heterocycles. The molecule has 2 aromatic rings. The highest BCUT2D eigenvalue weighted by molar-refractivity contribution is 6.08. The van der Waals surface area contributed by atoms with E-state index in [1.165, 1.54) is 0 Å². The van der Waals surface area contributed by atoms with Crippen LogP contribution in [0.5, 0.6) is 0 Å². The van der Waals surface area contributed by atoms with Gasteiger partial charge in [0.2, 0.25) is 5.91 Å². The van der Waals surface area contributed by atoms with Crippen LogP contribution in [0.15, 0.2) is 36.4 Å². The first kappa shape index (κ1) is 16.5. The Morgan fingerprint density at radius 1 is 1.25 bits per heavy atom. The Bertz CT molecular complexity index is 1080. The number of nitrogens with zero attached hydrogens (tertiary/aromatic N) is 2. The van der Waals surface area contributed by atoms with Gasteiger partial charge in [-0.25, -0.2) is 0 Å². The maximum absolute atomic E-state index is 13.6. The van der Waals surface area contributed by atoms with Crippen molar-refractivity contribution in [1.29, 1.82) is 5.26 Å². The van der Waals surface area contributed by atoms with E-state index >= 15 is 0 Å². The van der Waals surface area contributed by atoms with Gasteiger partial charge in [-0.2, -0.15) is 5.26 Å². The van der Waals surface area contributed by atoms with Gasteiger partial charge in [-0.3, -0.25) is 9.69 Å². The molecule has 0 aliphatic carbocycles. The fourth-order valence-electron chi connectivity index (χ4n) is 6.25. The molecule has 0 saturated carbocycles. The molecule has 2 aromatic carbocycles. The zero-order valence-corrected chi connectivity index (χ0v) is 15.5. The van der Waals surface area contributed by atoms with Crippen LogP contribution in [-0.4, -0.2) is 41.2 Å². The normalized spacial score (nSPS) is 40.8. The molecule has 4 aliphatic rings. The van der Waals surface area contributed by atoms with Crippen LogP contribution in [0.2, 0.25) is 0 Å². The molecule has 2 bridgehead atoms. The number of carbonyl (C=O) groups is 1. The highest BCUT2D eigenvalue weighted by atomic mass is 16.6. The van der Waals surface area contributed by atoms with Crippen molar-refractivity contribution in [3.8, 4) is 6.07 Å². The van der Waals surface area contributed by atoms with Gasteiger partial charge >= 0.3 is 0 Å². The van der Waals surface area contributed by atoms with Crippen molar-refractivity contribution in [2.45, 2.75) is 43.3 Å². The molecule has 1 N–H and O–H groups in total. The number of aliphatic hydroxyl groups excluding tert-OH is 1. The number of nitriles is 1. The fourth-order valence-corrected chi connectivity index (χ4v) is 6.25. The summed E-state index contributed by atoms with van der Waals surface area (Å²) in [7, 11) is 0. The second kappa shape index (κ2) is 5.12. The summed E-state index contributed by atoms with van der Waals surface area (Å²) in [6.07, 6.45) is 0.0561. The Labute approximate surface area is 162 Å². The second-order valence-corrected chi connectivity index (χ2v) is 8.60. The van der Waals surface area contributed by atoms with Gasteiger partial charge in [0, 0.05) is 23.6 Å². The van der Waals surface area contributed by atoms with Crippen molar-refractivity contribution in [2.24, 2.45) is 11.8 Å². The molecule has 0 radical (unpaired) electrons. The first-order valence-corrected chi connectivity index (χ1v) is 9.75. The number of anilines is 1. The Morgan fingerprint density at radius 2 is 2.04 bits per heavy atom. The standard InChI is InChI=1S/C22H20N2O4/c1-21-10-16(25)22(28-21)8-9-27-20-18(22)17(21)19(26)24(20)15-7-6-12(11-23)13-4-2-3-5-14(13)15/h2-7,16-18,20,25H,8-10H2,1H3/t16-,17+,18-,20-,21+,22-/m0/s1. The van der Waals surface area contributed by atoms with E-state index in [-0.39, 0.29) is 17.7 Å². The molecule has 6 nitrogen and oxygen atoms in total. The number of ether oxygens (including phenoxy) is 2. The van der Waals surface area contributed by atoms with Gasteiger partial charge < -0.3 is 14.6 Å². The van der Waals surface area contributed by atoms with Gasteiger partial charge in [-0.15, -0.1) is 0 Å². The molecule has 1 amide bonds. The number of fused-ring (bicyclic) bond motifs is 3. The van der Waals surface area contributed by atoms with Gasteiger partial charge in [-0.1, -0.05) is 24.3 Å². The van der Waals surface area contributed by atoms with Crippen LogP contribution in [0.4, 0.5) is 5.69 Å². The Hall–Kier alpha value is -2.46. The minimum atomic E-state index is -0.699. The molecule has 4 saturated heterocycles. The number of carbonyl (C=O) groups excluding carboxylic acids is 1. The number of rotatable bonds is 1. The summed E-state index contributed by atoms with van der Waals surface area (Å²) in [5.41, 5.74) is -0.0223. The summed E-state index contributed by atoms with van der Waals surface area (Å²) in [5.74, 6) is -0.518. The molecule has 6 atom stereocenters. The quantitative estimate of drug-likeness (QED) is 0.826. The molecular formula is C22H20N2O4. The lowest BCUT2D eigenvalue weighted by molar-refractivity contribution is -0.163. The van der Waals surface area contributed by atoms with E-state index < -0.39 is 23.5 Å². The summed E-state index contributed by atoms with van der Waals surface area (Å²) in [5, 5.41) is 21.9. The van der Waals surface area contributed by atoms with Crippen molar-refractivity contribution in [2.75, 3.05) is 11.5 Å². The molecular weight excluding hydrogens is 356 g/mol. The van der Waals surface area contributed by atoms with E-state index in [0.29, 0.717) is 25.0 Å². The van der Waals surface area contributed by atoms with E-state index in [1.54, 1.807) is 11.0 Å². The van der Waals surface area contributed by atoms with Gasteiger partial charge in [0.1, 0.15) is 11.8 Å². The van der Waals surface area contributed by atoms with Gasteiger partial charge in [0.25, 0.3) is 0 Å². The summed E-state index contributed by atoms with van der Waals surface area (Å²) in [4.78, 5) is 15.4.